The molecule has 11 heteroatoms. The first-order valence-corrected chi connectivity index (χ1v) is 9.30. The van der Waals surface area contributed by atoms with Crippen LogP contribution >= 0.6 is 11.8 Å². The van der Waals surface area contributed by atoms with E-state index >= 15 is 0 Å². The van der Waals surface area contributed by atoms with Gasteiger partial charge in [-0.25, -0.2) is 0 Å². The van der Waals surface area contributed by atoms with E-state index in [2.05, 4.69) is 15.3 Å². The monoisotopic (exact) mass is 403 g/mol. The first-order chi connectivity index (χ1) is 13.4. The van der Waals surface area contributed by atoms with Crippen molar-refractivity contribution in [1.29, 1.82) is 5.26 Å². The molecular weight excluding hydrogens is 386 g/mol. The van der Waals surface area contributed by atoms with Crippen molar-refractivity contribution in [2.24, 2.45) is 0 Å². The second-order valence-corrected chi connectivity index (χ2v) is 6.09. The van der Waals surface area contributed by atoms with E-state index in [0.717, 1.165) is 11.8 Å². The minimum atomic E-state index is -0.691. The Balaban J connectivity index is 2.43. The minimum absolute atomic E-state index is 0.155. The van der Waals surface area contributed by atoms with E-state index in [9.17, 15) is 14.9 Å². The van der Waals surface area contributed by atoms with Crippen molar-refractivity contribution in [3.63, 3.8) is 0 Å². The van der Waals surface area contributed by atoms with Crippen molar-refractivity contribution in [3.05, 3.63) is 39.4 Å². The molecule has 1 heterocycles. The average molecular weight is 403 g/mol. The molecule has 1 aromatic heterocycles. The summed E-state index contributed by atoms with van der Waals surface area (Å²) < 4.78 is 10.4. The topological polar surface area (TPSA) is 140 Å². The number of esters is 1. The van der Waals surface area contributed by atoms with Crippen LogP contribution in [0.15, 0.2) is 23.4 Å². The number of nitrogens with one attached hydrogen (secondary N) is 1. The van der Waals surface area contributed by atoms with Crippen molar-refractivity contribution < 1.29 is 19.2 Å². The Kier molecular flexibility index (Phi) is 7.11. The highest BCUT2D eigenvalue weighted by Gasteiger charge is 2.27. The van der Waals surface area contributed by atoms with E-state index in [-0.39, 0.29) is 35.8 Å². The van der Waals surface area contributed by atoms with Gasteiger partial charge in [0.15, 0.2) is 5.16 Å². The third-order valence-electron chi connectivity index (χ3n) is 3.44. The normalized spacial score (nSPS) is 10.1. The number of aromatic nitrogens is 2. The van der Waals surface area contributed by atoms with Crippen molar-refractivity contribution >= 4 is 29.2 Å². The number of thioether (sulfide) groups is 1. The number of aryl methyl sites for hydroxylation is 1. The maximum atomic E-state index is 11.6. The van der Waals surface area contributed by atoms with Crippen molar-refractivity contribution in [1.82, 2.24) is 9.97 Å². The fourth-order valence-electron chi connectivity index (χ4n) is 2.17. The van der Waals surface area contributed by atoms with Crippen molar-refractivity contribution in [2.75, 3.05) is 24.7 Å². The lowest BCUT2D eigenvalue weighted by Gasteiger charge is -2.11. The van der Waals surface area contributed by atoms with Crippen LogP contribution in [0, 0.1) is 28.4 Å². The summed E-state index contributed by atoms with van der Waals surface area (Å²) >= 11 is 1.16. The number of nitrogens with zero attached hydrogens (tertiary/aromatic N) is 4. The number of carbonyl (C=O) groups excluding carboxylic acids is 1. The number of ether oxygens (including phenoxy) is 2. The van der Waals surface area contributed by atoms with Crippen LogP contribution in [0.2, 0.25) is 0 Å². The largest absolute Gasteiger partial charge is 0.465 e. The molecule has 0 atom stereocenters. The number of nitriles is 1. The Morgan fingerprint density at radius 1 is 1.43 bits per heavy atom. The van der Waals surface area contributed by atoms with Gasteiger partial charge in [0.1, 0.15) is 12.3 Å². The Morgan fingerprint density at radius 3 is 2.75 bits per heavy atom. The number of nitro groups is 1. The number of hydrogen-bond acceptors (Lipinski definition) is 10. The third-order valence-corrected chi connectivity index (χ3v) is 3.98. The highest BCUT2D eigenvalue weighted by molar-refractivity contribution is 7.98. The van der Waals surface area contributed by atoms with Gasteiger partial charge in [-0.05, 0) is 43.9 Å². The van der Waals surface area contributed by atoms with E-state index in [4.69, 9.17) is 14.7 Å². The van der Waals surface area contributed by atoms with Gasteiger partial charge in [0.25, 0.3) is 0 Å². The lowest BCUT2D eigenvalue weighted by molar-refractivity contribution is -0.385. The second kappa shape index (κ2) is 9.52. The fraction of sp³-hybridized carbons (Fsp3) is 0.294. The molecule has 0 saturated carbocycles. The summed E-state index contributed by atoms with van der Waals surface area (Å²) in [6, 6.07) is 6.68. The van der Waals surface area contributed by atoms with Gasteiger partial charge in [0.2, 0.25) is 5.82 Å². The first-order valence-electron chi connectivity index (χ1n) is 8.08. The lowest BCUT2D eigenvalue weighted by Crippen LogP contribution is -2.18. The third kappa shape index (κ3) is 5.08. The minimum Gasteiger partial charge on any atom is -0.465 e. The van der Waals surface area contributed by atoms with Gasteiger partial charge in [-0.3, -0.25) is 14.9 Å². The van der Waals surface area contributed by atoms with Crippen LogP contribution in [0.25, 0.3) is 0 Å². The number of rotatable bonds is 8. The molecule has 2 aromatic rings. The zero-order valence-corrected chi connectivity index (χ0v) is 16.2. The maximum absolute atomic E-state index is 11.6. The molecule has 0 aliphatic rings. The molecular formula is C17H17N5O5S. The van der Waals surface area contributed by atoms with E-state index in [1.165, 1.54) is 6.07 Å². The summed E-state index contributed by atoms with van der Waals surface area (Å²) in [5.41, 5.74) is 0.609. The quantitative estimate of drug-likeness (QED) is 0.230. The predicted octanol–water partition coefficient (Wildman–Crippen LogP) is 3.05. The molecule has 0 bridgehead atoms. The molecule has 0 aliphatic carbocycles. The standard InChI is InChI=1S/C17H17N5O5S/c1-4-26-13(23)9-19-15-14(22(24)25)16(21-17(20-15)28-3)27-12-6-5-11(8-18)10(2)7-12/h5-7H,4,9H2,1-3H3,(H,19,20,21). The molecule has 2 rings (SSSR count). The van der Waals surface area contributed by atoms with Crippen LogP contribution in [0.1, 0.15) is 18.1 Å². The first kappa shape index (κ1) is 20.9. The summed E-state index contributed by atoms with van der Waals surface area (Å²) in [5.74, 6) is -0.731. The Bertz CT molecular complexity index is 944. The molecule has 0 spiro atoms. The van der Waals surface area contributed by atoms with Crippen LogP contribution < -0.4 is 10.1 Å². The van der Waals surface area contributed by atoms with Gasteiger partial charge in [-0.15, -0.1) is 0 Å². The van der Waals surface area contributed by atoms with Gasteiger partial charge in [-0.1, -0.05) is 11.8 Å². The van der Waals surface area contributed by atoms with E-state index in [0.29, 0.717) is 11.1 Å². The molecule has 0 radical (unpaired) electrons. The van der Waals surface area contributed by atoms with Crippen LogP contribution in [-0.2, 0) is 9.53 Å². The predicted molar refractivity (Wildman–Crippen MR) is 102 cm³/mol. The lowest BCUT2D eigenvalue weighted by atomic mass is 10.1. The molecule has 10 nitrogen and oxygen atoms in total. The van der Waals surface area contributed by atoms with Crippen molar-refractivity contribution in [3.8, 4) is 17.7 Å². The molecule has 146 valence electrons. The van der Waals surface area contributed by atoms with Crippen molar-refractivity contribution in [2.45, 2.75) is 19.0 Å². The Morgan fingerprint density at radius 2 is 2.18 bits per heavy atom. The van der Waals surface area contributed by atoms with E-state index in [1.807, 2.05) is 6.07 Å². The van der Waals surface area contributed by atoms with Crippen LogP contribution in [0.4, 0.5) is 11.5 Å². The molecule has 0 saturated heterocycles. The second-order valence-electron chi connectivity index (χ2n) is 5.32. The molecule has 1 aromatic carbocycles. The summed E-state index contributed by atoms with van der Waals surface area (Å²) in [4.78, 5) is 30.6. The summed E-state index contributed by atoms with van der Waals surface area (Å²) in [6.07, 6.45) is 1.70. The molecule has 1 N–H and O–H groups in total. The number of carbonyl (C=O) groups is 1. The Labute approximate surface area is 165 Å². The van der Waals surface area contributed by atoms with Crippen LogP contribution in [0.5, 0.6) is 11.6 Å². The molecule has 0 aliphatic heterocycles. The summed E-state index contributed by atoms with van der Waals surface area (Å²) in [7, 11) is 0. The molecule has 0 unspecified atom stereocenters. The SMILES string of the molecule is CCOC(=O)CNc1nc(SC)nc(Oc2ccc(C#N)c(C)c2)c1[N+](=O)[O-]. The molecule has 0 fully saturated rings. The molecule has 0 amide bonds. The van der Waals surface area contributed by atoms with Gasteiger partial charge < -0.3 is 14.8 Å². The summed E-state index contributed by atoms with van der Waals surface area (Å²) in [5, 5.41) is 23.4. The molecule has 28 heavy (non-hydrogen) atoms. The van der Waals surface area contributed by atoms with Gasteiger partial charge >= 0.3 is 17.5 Å². The van der Waals surface area contributed by atoms with Crippen LogP contribution in [0.3, 0.4) is 0 Å². The van der Waals surface area contributed by atoms with E-state index < -0.39 is 16.6 Å². The smallest absolute Gasteiger partial charge is 0.373 e. The van der Waals surface area contributed by atoms with Gasteiger partial charge in [0, 0.05) is 0 Å². The zero-order valence-electron chi connectivity index (χ0n) is 15.4. The zero-order chi connectivity index (χ0) is 20.7. The number of hydrogen-bond donors (Lipinski definition) is 1. The van der Waals surface area contributed by atoms with Crippen LogP contribution in [-0.4, -0.2) is 40.3 Å². The van der Waals surface area contributed by atoms with Gasteiger partial charge in [-0.2, -0.15) is 15.2 Å². The fourth-order valence-corrected chi connectivity index (χ4v) is 2.53. The average Bonchev–Trinajstić information content (AvgIpc) is 2.66. The highest BCUT2D eigenvalue weighted by atomic mass is 32.2. The number of benzene rings is 1. The maximum Gasteiger partial charge on any atom is 0.373 e. The van der Waals surface area contributed by atoms with E-state index in [1.54, 1.807) is 32.2 Å². The summed E-state index contributed by atoms with van der Waals surface area (Å²) in [6.45, 7) is 3.27. The number of anilines is 1. The Hall–Kier alpha value is -3.39. The highest BCUT2D eigenvalue weighted by Crippen LogP contribution is 2.36. The van der Waals surface area contributed by atoms with Gasteiger partial charge in [0.05, 0.1) is 23.2 Å².